The number of aliphatic hydroxyl groups is 1. The molecule has 10 heavy (non-hydrogen) atoms. The minimum Gasteiger partial charge on any atom is -0.736 e. The van der Waals surface area contributed by atoms with Gasteiger partial charge in [-0.2, -0.15) is 0 Å². The van der Waals surface area contributed by atoms with Gasteiger partial charge in [0.25, 0.3) is 0 Å². The summed E-state index contributed by atoms with van der Waals surface area (Å²) in [5.74, 6) is 0. The summed E-state index contributed by atoms with van der Waals surface area (Å²) in [6, 6.07) is 0. The van der Waals surface area contributed by atoms with Crippen LogP contribution in [-0.4, -0.2) is 24.2 Å². The number of rotatable bonds is 0. The van der Waals surface area contributed by atoms with E-state index in [0.29, 0.717) is 0 Å². The monoisotopic (exact) mass is 179 g/mol. The van der Waals surface area contributed by atoms with Crippen LogP contribution in [0.3, 0.4) is 0 Å². The SMILES string of the molecule is CC(C)O.NS(=O)(=O)[O-].[Na+]. The maximum absolute atomic E-state index is 8.85. The van der Waals surface area contributed by atoms with E-state index < -0.39 is 10.3 Å². The van der Waals surface area contributed by atoms with Crippen molar-refractivity contribution < 1.29 is 47.6 Å². The average molecular weight is 179 g/mol. The van der Waals surface area contributed by atoms with Crippen LogP contribution < -0.4 is 34.7 Å². The first-order chi connectivity index (χ1) is 3.73. The van der Waals surface area contributed by atoms with E-state index in [1.807, 2.05) is 0 Å². The normalized spacial score (nSPS) is 9.40. The molecule has 0 aliphatic carbocycles. The molecule has 0 saturated carbocycles. The van der Waals surface area contributed by atoms with E-state index in [1.165, 1.54) is 0 Å². The van der Waals surface area contributed by atoms with E-state index in [9.17, 15) is 0 Å². The zero-order valence-corrected chi connectivity index (χ0v) is 9.05. The number of hydrogen-bond donors (Lipinski definition) is 2. The molecule has 0 aliphatic heterocycles. The standard InChI is InChI=1S/C3H8O.H3NO3S.Na/c1-3(2)4;1-5(2,3)4;/h3-4H,1-2H3;(H3,1,2,3,4);/q;;+1/p-1. The van der Waals surface area contributed by atoms with E-state index in [1.54, 1.807) is 13.8 Å². The fourth-order valence-electron chi connectivity index (χ4n) is 0. The second-order valence-electron chi connectivity index (χ2n) is 1.59. The van der Waals surface area contributed by atoms with Gasteiger partial charge in [-0.15, -0.1) is 0 Å². The van der Waals surface area contributed by atoms with E-state index in [0.717, 1.165) is 0 Å². The number of nitrogens with two attached hydrogens (primary N) is 1. The zero-order valence-electron chi connectivity index (χ0n) is 6.23. The zero-order chi connectivity index (χ0) is 8.08. The Morgan fingerprint density at radius 1 is 1.50 bits per heavy atom. The van der Waals surface area contributed by atoms with Gasteiger partial charge in [0.15, 0.2) is 10.3 Å². The summed E-state index contributed by atoms with van der Waals surface area (Å²) in [5, 5.41) is 11.8. The Hall–Kier alpha value is 0.830. The number of hydrogen-bond acceptors (Lipinski definition) is 4. The minimum atomic E-state index is -4.42. The van der Waals surface area contributed by atoms with Gasteiger partial charge in [0.05, 0.1) is 0 Å². The van der Waals surface area contributed by atoms with Crippen LogP contribution in [-0.2, 0) is 10.3 Å². The van der Waals surface area contributed by atoms with Gasteiger partial charge in [-0.25, -0.2) is 13.6 Å². The summed E-state index contributed by atoms with van der Waals surface area (Å²) in [7, 11) is -4.42. The molecule has 0 radical (unpaired) electrons. The van der Waals surface area contributed by atoms with Gasteiger partial charge >= 0.3 is 29.6 Å². The molecule has 0 aromatic carbocycles. The maximum Gasteiger partial charge on any atom is 1.00 e. The van der Waals surface area contributed by atoms with Crippen molar-refractivity contribution in [2.45, 2.75) is 20.0 Å². The Balaban J connectivity index is -0.0000000910. The molecule has 0 amide bonds. The van der Waals surface area contributed by atoms with Crippen LogP contribution in [0.15, 0.2) is 0 Å². The van der Waals surface area contributed by atoms with Crippen molar-refractivity contribution >= 4 is 10.3 Å². The van der Waals surface area contributed by atoms with Gasteiger partial charge < -0.3 is 9.66 Å². The predicted octanol–water partition coefficient (Wildman–Crippen LogP) is -4.20. The summed E-state index contributed by atoms with van der Waals surface area (Å²) in [4.78, 5) is 0. The molecular formula is C3H10NNaO4S. The van der Waals surface area contributed by atoms with Crippen molar-refractivity contribution in [3.63, 3.8) is 0 Å². The Morgan fingerprint density at radius 3 is 1.50 bits per heavy atom. The maximum atomic E-state index is 8.85. The molecule has 5 nitrogen and oxygen atoms in total. The van der Waals surface area contributed by atoms with E-state index in [4.69, 9.17) is 18.1 Å². The quantitative estimate of drug-likeness (QED) is 0.290. The Bertz CT molecular complexity index is 132. The molecule has 0 atom stereocenters. The molecule has 0 saturated heterocycles. The van der Waals surface area contributed by atoms with Gasteiger partial charge in [-0.1, -0.05) is 0 Å². The van der Waals surface area contributed by atoms with Gasteiger partial charge in [-0.05, 0) is 13.8 Å². The first-order valence-corrected chi connectivity index (χ1v) is 3.62. The summed E-state index contributed by atoms with van der Waals surface area (Å²) in [6.45, 7) is 3.44. The van der Waals surface area contributed by atoms with Crippen molar-refractivity contribution in [1.82, 2.24) is 0 Å². The average Bonchev–Trinajstić information content (AvgIpc) is 1.19. The van der Waals surface area contributed by atoms with Crippen molar-refractivity contribution in [1.29, 1.82) is 0 Å². The summed E-state index contributed by atoms with van der Waals surface area (Å²) in [5.41, 5.74) is 0. The summed E-state index contributed by atoms with van der Waals surface area (Å²) < 4.78 is 26.6. The second kappa shape index (κ2) is 7.93. The fraction of sp³-hybridized carbons (Fsp3) is 1.00. The molecule has 0 fully saturated rings. The Kier molecular flexibility index (Phi) is 13.5. The summed E-state index contributed by atoms with van der Waals surface area (Å²) in [6.07, 6.45) is -0.167. The molecule has 0 heterocycles. The van der Waals surface area contributed by atoms with Crippen LogP contribution in [0.4, 0.5) is 0 Å². The smallest absolute Gasteiger partial charge is 0.736 e. The molecular weight excluding hydrogens is 169 g/mol. The predicted molar refractivity (Wildman–Crippen MR) is 31.2 cm³/mol. The third-order valence-corrected chi connectivity index (χ3v) is 0. The third kappa shape index (κ3) is 786. The molecule has 7 heteroatoms. The molecule has 0 unspecified atom stereocenters. The van der Waals surface area contributed by atoms with Crippen LogP contribution in [0.5, 0.6) is 0 Å². The van der Waals surface area contributed by atoms with E-state index in [-0.39, 0.29) is 35.7 Å². The largest absolute Gasteiger partial charge is 1.00 e. The molecule has 0 spiro atoms. The van der Waals surface area contributed by atoms with Gasteiger partial charge in [0.2, 0.25) is 0 Å². The Morgan fingerprint density at radius 2 is 1.50 bits per heavy atom. The third-order valence-electron chi connectivity index (χ3n) is 0. The van der Waals surface area contributed by atoms with E-state index >= 15 is 0 Å². The molecule has 0 aromatic heterocycles. The van der Waals surface area contributed by atoms with Crippen LogP contribution in [0.1, 0.15) is 13.8 Å². The molecule has 0 rings (SSSR count). The second-order valence-corrected chi connectivity index (χ2v) is 2.57. The van der Waals surface area contributed by atoms with Crippen molar-refractivity contribution in [2.75, 3.05) is 0 Å². The van der Waals surface area contributed by atoms with Crippen molar-refractivity contribution in [3.05, 3.63) is 0 Å². The van der Waals surface area contributed by atoms with Crippen LogP contribution in [0.2, 0.25) is 0 Å². The van der Waals surface area contributed by atoms with Crippen molar-refractivity contribution in [2.24, 2.45) is 5.14 Å². The molecule has 3 N–H and O–H groups in total. The topological polar surface area (TPSA) is 103 Å². The molecule has 0 bridgehead atoms. The molecule has 58 valence electrons. The molecule has 0 aliphatic rings. The Labute approximate surface area is 82.8 Å². The number of aliphatic hydroxyl groups excluding tert-OH is 1. The van der Waals surface area contributed by atoms with E-state index in [2.05, 4.69) is 5.14 Å². The summed E-state index contributed by atoms with van der Waals surface area (Å²) >= 11 is 0. The molecule has 0 aromatic rings. The first-order valence-electron chi connectivity index (χ1n) is 2.15. The van der Waals surface area contributed by atoms with Gasteiger partial charge in [-0.3, -0.25) is 0 Å². The van der Waals surface area contributed by atoms with Crippen LogP contribution >= 0.6 is 0 Å². The fourth-order valence-corrected chi connectivity index (χ4v) is 0. The first kappa shape index (κ1) is 17.1. The van der Waals surface area contributed by atoms with Gasteiger partial charge in [0, 0.05) is 6.10 Å². The van der Waals surface area contributed by atoms with Crippen molar-refractivity contribution in [3.8, 4) is 0 Å². The minimum absolute atomic E-state index is 0. The van der Waals surface area contributed by atoms with Crippen LogP contribution in [0.25, 0.3) is 0 Å². The van der Waals surface area contributed by atoms with Gasteiger partial charge in [0.1, 0.15) is 0 Å². The van der Waals surface area contributed by atoms with Crippen LogP contribution in [0, 0.1) is 0 Å².